The first-order valence-electron chi connectivity index (χ1n) is 8.74. The Labute approximate surface area is 166 Å². The number of hydrogen-bond acceptors (Lipinski definition) is 6. The van der Waals surface area contributed by atoms with Crippen LogP contribution >= 0.6 is 23.1 Å². The second kappa shape index (κ2) is 8.02. The summed E-state index contributed by atoms with van der Waals surface area (Å²) < 4.78 is 2.10. The fourth-order valence-electron chi connectivity index (χ4n) is 2.81. The van der Waals surface area contributed by atoms with E-state index in [1.54, 1.807) is 29.3 Å². The molecular weight excluding hydrogens is 374 g/mol. The normalized spacial score (nSPS) is 11.0. The number of hydrogen-bond donors (Lipinski definition) is 0. The molecule has 0 N–H and O–H groups in total. The zero-order valence-corrected chi connectivity index (χ0v) is 16.8. The average Bonchev–Trinajstić information content (AvgIpc) is 3.34. The topological polar surface area (TPSA) is 56.5 Å². The number of aryl methyl sites for hydroxylation is 1. The predicted molar refractivity (Wildman–Crippen MR) is 111 cm³/mol. The number of rotatable bonds is 6. The highest BCUT2D eigenvalue weighted by Crippen LogP contribution is 2.30. The summed E-state index contributed by atoms with van der Waals surface area (Å²) in [6.45, 7) is 5.01. The van der Waals surface area contributed by atoms with Crippen LogP contribution in [0.3, 0.4) is 0 Å². The summed E-state index contributed by atoms with van der Waals surface area (Å²) in [5, 5.41) is 12.8. The molecule has 3 aromatic heterocycles. The van der Waals surface area contributed by atoms with Gasteiger partial charge in [-0.3, -0.25) is 4.98 Å². The minimum Gasteiger partial charge on any atom is -0.301 e. The lowest BCUT2D eigenvalue weighted by molar-refractivity contribution is 0.686. The number of benzene rings is 1. The number of nitrogens with zero attached hydrogens (tertiary/aromatic N) is 5. The molecule has 3 heterocycles. The average molecular weight is 394 g/mol. The molecule has 0 bridgehead atoms. The van der Waals surface area contributed by atoms with Gasteiger partial charge in [0.05, 0.1) is 5.69 Å². The van der Waals surface area contributed by atoms with Gasteiger partial charge in [-0.1, -0.05) is 42.1 Å². The standard InChI is InChI=1S/C20H19N5S2/c1-3-25-18(17-10-6-7-11-21-17)23-24-20(25)27-13-15-12-26-19(22-15)16-9-5-4-8-14(16)2/h4-12H,3,13H2,1-2H3. The summed E-state index contributed by atoms with van der Waals surface area (Å²) >= 11 is 3.35. The van der Waals surface area contributed by atoms with Gasteiger partial charge >= 0.3 is 0 Å². The highest BCUT2D eigenvalue weighted by Gasteiger charge is 2.15. The Balaban J connectivity index is 1.52. The van der Waals surface area contributed by atoms with Crippen molar-refractivity contribution < 1.29 is 0 Å². The van der Waals surface area contributed by atoms with Crippen LogP contribution in [0, 0.1) is 6.92 Å². The Hall–Kier alpha value is -2.51. The third-order valence-electron chi connectivity index (χ3n) is 4.20. The molecule has 1 aromatic carbocycles. The van der Waals surface area contributed by atoms with Crippen LogP contribution in [0.4, 0.5) is 0 Å². The summed E-state index contributed by atoms with van der Waals surface area (Å²) in [6.07, 6.45) is 1.78. The fourth-order valence-corrected chi connectivity index (χ4v) is 4.72. The lowest BCUT2D eigenvalue weighted by Gasteiger charge is -2.06. The van der Waals surface area contributed by atoms with Gasteiger partial charge in [-0.25, -0.2) is 4.98 Å². The minimum atomic E-state index is 0.767. The Morgan fingerprint density at radius 1 is 1.07 bits per heavy atom. The van der Waals surface area contributed by atoms with E-state index in [0.29, 0.717) is 0 Å². The van der Waals surface area contributed by atoms with Crippen LogP contribution in [-0.2, 0) is 12.3 Å². The molecular formula is C20H19N5S2. The quantitative estimate of drug-likeness (QED) is 0.427. The van der Waals surface area contributed by atoms with Gasteiger partial charge in [0.25, 0.3) is 0 Å². The summed E-state index contributed by atoms with van der Waals surface area (Å²) in [5.41, 5.74) is 4.35. The Morgan fingerprint density at radius 3 is 2.70 bits per heavy atom. The zero-order valence-electron chi connectivity index (χ0n) is 15.2. The first-order chi connectivity index (χ1) is 13.3. The molecule has 4 rings (SSSR count). The van der Waals surface area contributed by atoms with Crippen molar-refractivity contribution in [3.05, 3.63) is 65.3 Å². The van der Waals surface area contributed by atoms with Crippen LogP contribution < -0.4 is 0 Å². The molecule has 7 heteroatoms. The zero-order chi connectivity index (χ0) is 18.6. The largest absolute Gasteiger partial charge is 0.301 e. The molecule has 0 radical (unpaired) electrons. The van der Waals surface area contributed by atoms with Gasteiger partial charge in [0, 0.05) is 29.4 Å². The molecule has 0 fully saturated rings. The van der Waals surface area contributed by atoms with Crippen molar-refractivity contribution in [2.24, 2.45) is 0 Å². The third kappa shape index (κ3) is 3.79. The number of pyridine rings is 1. The predicted octanol–water partition coefficient (Wildman–Crippen LogP) is 5.08. The Morgan fingerprint density at radius 2 is 1.93 bits per heavy atom. The van der Waals surface area contributed by atoms with E-state index in [9.17, 15) is 0 Å². The van der Waals surface area contributed by atoms with Gasteiger partial charge in [-0.2, -0.15) is 0 Å². The van der Waals surface area contributed by atoms with Crippen molar-refractivity contribution in [1.29, 1.82) is 0 Å². The number of thiazole rings is 1. The summed E-state index contributed by atoms with van der Waals surface area (Å²) in [7, 11) is 0. The number of aromatic nitrogens is 5. The van der Waals surface area contributed by atoms with E-state index in [1.807, 2.05) is 18.2 Å². The van der Waals surface area contributed by atoms with Crippen molar-refractivity contribution in [1.82, 2.24) is 24.7 Å². The minimum absolute atomic E-state index is 0.767. The summed E-state index contributed by atoms with van der Waals surface area (Å²) in [4.78, 5) is 9.20. The van der Waals surface area contributed by atoms with Gasteiger partial charge in [-0.05, 0) is 31.5 Å². The van der Waals surface area contributed by atoms with E-state index in [-0.39, 0.29) is 0 Å². The van der Waals surface area contributed by atoms with Crippen LogP contribution in [0.25, 0.3) is 22.1 Å². The van der Waals surface area contributed by atoms with E-state index >= 15 is 0 Å². The van der Waals surface area contributed by atoms with Gasteiger partial charge in [-0.15, -0.1) is 21.5 Å². The van der Waals surface area contributed by atoms with Crippen molar-refractivity contribution in [3.63, 3.8) is 0 Å². The van der Waals surface area contributed by atoms with E-state index in [4.69, 9.17) is 4.98 Å². The molecule has 0 spiro atoms. The molecule has 0 saturated heterocycles. The highest BCUT2D eigenvalue weighted by atomic mass is 32.2. The molecule has 0 atom stereocenters. The maximum Gasteiger partial charge on any atom is 0.191 e. The van der Waals surface area contributed by atoms with Gasteiger partial charge in [0.1, 0.15) is 10.7 Å². The molecule has 5 nitrogen and oxygen atoms in total. The van der Waals surface area contributed by atoms with Crippen LogP contribution in [-0.4, -0.2) is 24.7 Å². The van der Waals surface area contributed by atoms with E-state index in [1.165, 1.54) is 11.1 Å². The molecule has 0 amide bonds. The van der Waals surface area contributed by atoms with Crippen molar-refractivity contribution in [3.8, 4) is 22.1 Å². The van der Waals surface area contributed by atoms with E-state index in [2.05, 4.69) is 63.2 Å². The summed E-state index contributed by atoms with van der Waals surface area (Å²) in [5.74, 6) is 1.57. The van der Waals surface area contributed by atoms with E-state index < -0.39 is 0 Å². The van der Waals surface area contributed by atoms with Gasteiger partial charge in [0.15, 0.2) is 11.0 Å². The molecule has 136 valence electrons. The lowest BCUT2D eigenvalue weighted by Crippen LogP contribution is -2.00. The maximum atomic E-state index is 4.80. The monoisotopic (exact) mass is 393 g/mol. The van der Waals surface area contributed by atoms with Gasteiger partial charge < -0.3 is 4.57 Å². The molecule has 0 saturated carbocycles. The smallest absolute Gasteiger partial charge is 0.191 e. The van der Waals surface area contributed by atoms with Crippen LogP contribution in [0.5, 0.6) is 0 Å². The Kier molecular flexibility index (Phi) is 5.31. The van der Waals surface area contributed by atoms with Crippen LogP contribution in [0.2, 0.25) is 0 Å². The first kappa shape index (κ1) is 17.9. The lowest BCUT2D eigenvalue weighted by atomic mass is 10.1. The molecule has 0 aliphatic rings. The molecule has 4 aromatic rings. The maximum absolute atomic E-state index is 4.80. The number of thioether (sulfide) groups is 1. The van der Waals surface area contributed by atoms with E-state index in [0.717, 1.165) is 39.7 Å². The fraction of sp³-hybridized carbons (Fsp3) is 0.200. The highest BCUT2D eigenvalue weighted by molar-refractivity contribution is 7.98. The Bertz CT molecular complexity index is 1040. The molecule has 27 heavy (non-hydrogen) atoms. The second-order valence-corrected chi connectivity index (χ2v) is 7.81. The molecule has 0 aliphatic heterocycles. The first-order valence-corrected chi connectivity index (χ1v) is 10.6. The molecule has 0 unspecified atom stereocenters. The van der Waals surface area contributed by atoms with Crippen molar-refractivity contribution >= 4 is 23.1 Å². The SMILES string of the molecule is CCn1c(SCc2csc(-c3ccccc3C)n2)nnc1-c1ccccn1. The second-order valence-electron chi connectivity index (χ2n) is 6.01. The van der Waals surface area contributed by atoms with Crippen LogP contribution in [0.15, 0.2) is 59.2 Å². The van der Waals surface area contributed by atoms with Crippen molar-refractivity contribution in [2.75, 3.05) is 0 Å². The molecule has 0 aliphatic carbocycles. The van der Waals surface area contributed by atoms with Crippen molar-refractivity contribution in [2.45, 2.75) is 31.3 Å². The van der Waals surface area contributed by atoms with Crippen LogP contribution in [0.1, 0.15) is 18.2 Å². The summed E-state index contributed by atoms with van der Waals surface area (Å²) in [6, 6.07) is 14.2. The van der Waals surface area contributed by atoms with Gasteiger partial charge in [0.2, 0.25) is 0 Å². The third-order valence-corrected chi connectivity index (χ3v) is 6.13.